The molecule has 0 saturated heterocycles. The Bertz CT molecular complexity index is 926. The lowest BCUT2D eigenvalue weighted by Gasteiger charge is -2.34. The third-order valence-electron chi connectivity index (χ3n) is 6.20. The third-order valence-corrected chi connectivity index (χ3v) is 7.97. The monoisotopic (exact) mass is 480 g/mol. The SMILES string of the molecule is CS(=O)(=O)N1Cc2cc(Br)ccc2N(Cc2ncc[nH]2)C[C@@H]1CC1CCCCC1. The minimum absolute atomic E-state index is 0.0331. The molecule has 2 heterocycles. The second-order valence-electron chi connectivity index (χ2n) is 8.39. The average Bonchev–Trinajstić information content (AvgIpc) is 3.13. The number of hydrogen-bond donors (Lipinski definition) is 1. The molecule has 2 aliphatic rings. The maximum atomic E-state index is 12.8. The van der Waals surface area contributed by atoms with E-state index in [0.29, 0.717) is 25.6 Å². The Balaban J connectivity index is 1.69. The third kappa shape index (κ3) is 5.03. The molecule has 1 atom stereocenters. The van der Waals surface area contributed by atoms with E-state index in [4.69, 9.17) is 0 Å². The first kappa shape index (κ1) is 20.9. The molecule has 0 amide bonds. The van der Waals surface area contributed by atoms with Crippen molar-refractivity contribution >= 4 is 31.6 Å². The second kappa shape index (κ2) is 8.78. The molecule has 1 aromatic heterocycles. The van der Waals surface area contributed by atoms with Crippen molar-refractivity contribution in [1.29, 1.82) is 0 Å². The summed E-state index contributed by atoms with van der Waals surface area (Å²) < 4.78 is 28.3. The lowest BCUT2D eigenvalue weighted by Crippen LogP contribution is -2.45. The van der Waals surface area contributed by atoms with Crippen LogP contribution in [0.25, 0.3) is 0 Å². The van der Waals surface area contributed by atoms with Gasteiger partial charge in [0.15, 0.2) is 0 Å². The number of sulfonamides is 1. The molecule has 4 rings (SSSR count). The van der Waals surface area contributed by atoms with Gasteiger partial charge in [0.25, 0.3) is 0 Å². The fourth-order valence-electron chi connectivity index (χ4n) is 4.83. The Kier molecular flexibility index (Phi) is 6.32. The number of H-pyrrole nitrogens is 1. The van der Waals surface area contributed by atoms with Crippen LogP contribution in [0.2, 0.25) is 0 Å². The minimum Gasteiger partial charge on any atom is -0.362 e. The predicted octanol–water partition coefficient (Wildman–Crippen LogP) is 4.29. The van der Waals surface area contributed by atoms with E-state index in [9.17, 15) is 8.42 Å². The molecule has 1 aliphatic heterocycles. The number of rotatable bonds is 5. The molecule has 1 saturated carbocycles. The topological polar surface area (TPSA) is 69.3 Å². The normalized spacial score (nSPS) is 21.7. The molecule has 0 bridgehead atoms. The Morgan fingerprint density at radius 3 is 2.72 bits per heavy atom. The molecule has 8 heteroatoms. The number of fused-ring (bicyclic) bond motifs is 1. The molecule has 29 heavy (non-hydrogen) atoms. The van der Waals surface area contributed by atoms with Gasteiger partial charge in [0.2, 0.25) is 10.0 Å². The van der Waals surface area contributed by atoms with Crippen LogP contribution in [-0.2, 0) is 23.1 Å². The minimum atomic E-state index is -3.32. The zero-order valence-corrected chi connectivity index (χ0v) is 19.3. The van der Waals surface area contributed by atoms with Crippen LogP contribution in [0.3, 0.4) is 0 Å². The van der Waals surface area contributed by atoms with Crippen LogP contribution < -0.4 is 4.90 Å². The van der Waals surface area contributed by atoms with Crippen LogP contribution in [0, 0.1) is 5.92 Å². The van der Waals surface area contributed by atoms with Crippen molar-refractivity contribution in [2.24, 2.45) is 5.92 Å². The van der Waals surface area contributed by atoms with Gasteiger partial charge in [0, 0.05) is 41.7 Å². The number of aromatic nitrogens is 2. The summed E-state index contributed by atoms with van der Waals surface area (Å²) in [5.41, 5.74) is 2.12. The van der Waals surface area contributed by atoms with Gasteiger partial charge in [0.1, 0.15) is 5.82 Å². The highest BCUT2D eigenvalue weighted by Gasteiger charge is 2.35. The molecule has 1 fully saturated rings. The number of benzene rings is 1. The molecule has 6 nitrogen and oxygen atoms in total. The largest absolute Gasteiger partial charge is 0.362 e. The van der Waals surface area contributed by atoms with E-state index in [0.717, 1.165) is 28.0 Å². The summed E-state index contributed by atoms with van der Waals surface area (Å²) in [6, 6.07) is 6.13. The van der Waals surface area contributed by atoms with Gasteiger partial charge < -0.3 is 9.88 Å². The highest BCUT2D eigenvalue weighted by Crippen LogP contribution is 2.35. The quantitative estimate of drug-likeness (QED) is 0.692. The number of halogens is 1. The number of nitrogens with zero attached hydrogens (tertiary/aromatic N) is 3. The van der Waals surface area contributed by atoms with Crippen molar-refractivity contribution in [3.8, 4) is 0 Å². The van der Waals surface area contributed by atoms with E-state index in [1.54, 1.807) is 10.5 Å². The van der Waals surface area contributed by atoms with Gasteiger partial charge in [-0.3, -0.25) is 0 Å². The van der Waals surface area contributed by atoms with Crippen molar-refractivity contribution in [2.75, 3.05) is 17.7 Å². The van der Waals surface area contributed by atoms with Gasteiger partial charge in [-0.15, -0.1) is 0 Å². The molecule has 2 aromatic rings. The molecule has 158 valence electrons. The summed E-state index contributed by atoms with van der Waals surface area (Å²) in [6.45, 7) is 1.74. The summed E-state index contributed by atoms with van der Waals surface area (Å²) in [5, 5.41) is 0. The molecular formula is C21H29BrN4O2S. The van der Waals surface area contributed by atoms with E-state index in [-0.39, 0.29) is 6.04 Å². The summed E-state index contributed by atoms with van der Waals surface area (Å²) in [7, 11) is -3.32. The van der Waals surface area contributed by atoms with Gasteiger partial charge in [0.05, 0.1) is 12.8 Å². The fourth-order valence-corrected chi connectivity index (χ4v) is 6.31. The predicted molar refractivity (Wildman–Crippen MR) is 119 cm³/mol. The maximum absolute atomic E-state index is 12.8. The van der Waals surface area contributed by atoms with E-state index in [1.165, 1.54) is 38.4 Å². The summed E-state index contributed by atoms with van der Waals surface area (Å²) in [4.78, 5) is 9.88. The van der Waals surface area contributed by atoms with Gasteiger partial charge in [-0.1, -0.05) is 48.0 Å². The maximum Gasteiger partial charge on any atom is 0.211 e. The van der Waals surface area contributed by atoms with Crippen molar-refractivity contribution in [3.05, 3.63) is 46.5 Å². The van der Waals surface area contributed by atoms with Crippen LogP contribution in [0.4, 0.5) is 5.69 Å². The van der Waals surface area contributed by atoms with Gasteiger partial charge in [-0.2, -0.15) is 4.31 Å². The first-order valence-electron chi connectivity index (χ1n) is 10.4. The van der Waals surface area contributed by atoms with E-state index in [2.05, 4.69) is 36.9 Å². The Morgan fingerprint density at radius 2 is 2.03 bits per heavy atom. The highest BCUT2D eigenvalue weighted by molar-refractivity contribution is 9.10. The Labute approximate surface area is 181 Å². The Morgan fingerprint density at radius 1 is 1.24 bits per heavy atom. The van der Waals surface area contributed by atoms with Crippen LogP contribution in [0.15, 0.2) is 35.1 Å². The summed E-state index contributed by atoms with van der Waals surface area (Å²) in [5.74, 6) is 1.50. The molecule has 1 aromatic carbocycles. The second-order valence-corrected chi connectivity index (χ2v) is 11.2. The first-order chi connectivity index (χ1) is 13.9. The van der Waals surface area contributed by atoms with E-state index < -0.39 is 10.0 Å². The number of hydrogen-bond acceptors (Lipinski definition) is 4. The van der Waals surface area contributed by atoms with Gasteiger partial charge in [-0.25, -0.2) is 13.4 Å². The summed E-state index contributed by atoms with van der Waals surface area (Å²) >= 11 is 3.56. The molecule has 0 unspecified atom stereocenters. The number of anilines is 1. The molecular weight excluding hydrogens is 452 g/mol. The van der Waals surface area contributed by atoms with Crippen LogP contribution in [0.1, 0.15) is 49.9 Å². The lowest BCUT2D eigenvalue weighted by atomic mass is 9.84. The standard InChI is InChI=1S/C21H29BrN4O2S/c1-29(27,28)26-13-17-12-18(22)7-8-20(17)25(15-21-23-9-10-24-21)14-19(26)11-16-5-3-2-4-6-16/h7-10,12,16,19H,2-6,11,13-15H2,1H3,(H,23,24)/t19-/m0/s1. The number of nitrogens with one attached hydrogen (secondary N) is 1. The van der Waals surface area contributed by atoms with Gasteiger partial charge in [-0.05, 0) is 36.1 Å². The van der Waals surface area contributed by atoms with E-state index in [1.807, 2.05) is 18.3 Å². The molecule has 1 aliphatic carbocycles. The van der Waals surface area contributed by atoms with Crippen molar-refractivity contribution in [3.63, 3.8) is 0 Å². The molecule has 1 N–H and O–H groups in total. The zero-order valence-electron chi connectivity index (χ0n) is 16.8. The zero-order chi connectivity index (χ0) is 20.4. The van der Waals surface area contributed by atoms with Crippen LogP contribution >= 0.6 is 15.9 Å². The number of imidazole rings is 1. The molecule has 0 radical (unpaired) electrons. The van der Waals surface area contributed by atoms with E-state index >= 15 is 0 Å². The number of aromatic amines is 1. The van der Waals surface area contributed by atoms with Crippen molar-refractivity contribution in [1.82, 2.24) is 14.3 Å². The lowest BCUT2D eigenvalue weighted by molar-refractivity contribution is 0.237. The van der Waals surface area contributed by atoms with Gasteiger partial charge >= 0.3 is 0 Å². The highest BCUT2D eigenvalue weighted by atomic mass is 79.9. The smallest absolute Gasteiger partial charge is 0.211 e. The van der Waals surface area contributed by atoms with Crippen molar-refractivity contribution < 1.29 is 8.42 Å². The first-order valence-corrected chi connectivity index (χ1v) is 13.0. The summed E-state index contributed by atoms with van der Waals surface area (Å²) in [6.07, 6.45) is 12.1. The van der Waals surface area contributed by atoms with Crippen LogP contribution in [-0.4, -0.2) is 41.5 Å². The average molecular weight is 481 g/mol. The van der Waals surface area contributed by atoms with Crippen LogP contribution in [0.5, 0.6) is 0 Å². The fraction of sp³-hybridized carbons (Fsp3) is 0.571. The van der Waals surface area contributed by atoms with Crippen molar-refractivity contribution in [2.45, 2.75) is 57.7 Å². The Hall–Kier alpha value is -1.38. The molecule has 0 spiro atoms.